The summed E-state index contributed by atoms with van der Waals surface area (Å²) in [7, 11) is 3.15. The molecule has 4 aromatic rings. The van der Waals surface area contributed by atoms with Crippen molar-refractivity contribution in [3.8, 4) is 34.0 Å². The zero-order valence-corrected chi connectivity index (χ0v) is 14.2. The molecular weight excluding hydrogens is 332 g/mol. The molecule has 4 rings (SSSR count). The van der Waals surface area contributed by atoms with E-state index in [-0.39, 0.29) is 0 Å². The van der Waals surface area contributed by atoms with Gasteiger partial charge in [-0.3, -0.25) is 5.10 Å². The van der Waals surface area contributed by atoms with Gasteiger partial charge in [-0.2, -0.15) is 10.1 Å². The third-order valence-corrected chi connectivity index (χ3v) is 4.18. The molecule has 2 aromatic heterocycles. The fraction of sp³-hybridized carbons (Fsp3) is 0.105. The first kappa shape index (κ1) is 15.9. The summed E-state index contributed by atoms with van der Waals surface area (Å²) in [6.45, 7) is 0. The van der Waals surface area contributed by atoms with Gasteiger partial charge in [-0.05, 0) is 36.4 Å². The Morgan fingerprint density at radius 2 is 1.73 bits per heavy atom. The van der Waals surface area contributed by atoms with Gasteiger partial charge in [0.25, 0.3) is 0 Å². The minimum atomic E-state index is -0.417. The van der Waals surface area contributed by atoms with Gasteiger partial charge >= 0.3 is 5.69 Å². The topological polar surface area (TPSA) is 92.9 Å². The molecule has 0 aliphatic heterocycles. The summed E-state index contributed by atoms with van der Waals surface area (Å²) in [6.07, 6.45) is 1.74. The van der Waals surface area contributed by atoms with Gasteiger partial charge < -0.3 is 14.5 Å². The molecule has 0 unspecified atom stereocenters. The molecule has 0 aliphatic carbocycles. The first-order valence-electron chi connectivity index (χ1n) is 7.95. The number of benzene rings is 2. The van der Waals surface area contributed by atoms with Crippen LogP contribution in [0.15, 0.2) is 53.5 Å². The van der Waals surface area contributed by atoms with Gasteiger partial charge in [0.2, 0.25) is 0 Å². The van der Waals surface area contributed by atoms with E-state index in [1.165, 1.54) is 0 Å². The van der Waals surface area contributed by atoms with Crippen molar-refractivity contribution >= 4 is 10.9 Å². The monoisotopic (exact) mass is 348 g/mol. The number of aromatic amines is 2. The Kier molecular flexibility index (Phi) is 3.89. The van der Waals surface area contributed by atoms with E-state index in [0.29, 0.717) is 22.9 Å². The highest BCUT2D eigenvalue weighted by Crippen LogP contribution is 2.32. The molecule has 26 heavy (non-hydrogen) atoms. The second-order valence-electron chi connectivity index (χ2n) is 5.73. The van der Waals surface area contributed by atoms with E-state index >= 15 is 0 Å². The van der Waals surface area contributed by atoms with Gasteiger partial charge in [-0.15, -0.1) is 0 Å². The molecule has 0 aliphatic rings. The van der Waals surface area contributed by atoms with E-state index in [2.05, 4.69) is 20.2 Å². The number of hydrogen-bond acceptors (Lipinski definition) is 5. The number of hydrogen-bond donors (Lipinski definition) is 2. The van der Waals surface area contributed by atoms with Crippen LogP contribution in [0.2, 0.25) is 0 Å². The second-order valence-corrected chi connectivity index (χ2v) is 5.73. The first-order chi connectivity index (χ1) is 12.7. The van der Waals surface area contributed by atoms with Gasteiger partial charge in [0.15, 0.2) is 11.5 Å². The van der Waals surface area contributed by atoms with Crippen molar-refractivity contribution in [2.75, 3.05) is 14.2 Å². The van der Waals surface area contributed by atoms with Crippen LogP contribution in [-0.4, -0.2) is 34.4 Å². The fourth-order valence-electron chi connectivity index (χ4n) is 2.87. The largest absolute Gasteiger partial charge is 0.493 e. The van der Waals surface area contributed by atoms with Crippen LogP contribution in [0.3, 0.4) is 0 Å². The SMILES string of the molecule is COc1ccc(-c2cc(-c3ccc4[nH]ncc4c3)nc(=O)[nH]2)cc1OC. The smallest absolute Gasteiger partial charge is 0.345 e. The highest BCUT2D eigenvalue weighted by atomic mass is 16.5. The molecule has 0 radical (unpaired) electrons. The summed E-state index contributed by atoms with van der Waals surface area (Å²) in [4.78, 5) is 19.0. The zero-order chi connectivity index (χ0) is 18.1. The average molecular weight is 348 g/mol. The van der Waals surface area contributed by atoms with E-state index in [9.17, 15) is 4.79 Å². The lowest BCUT2D eigenvalue weighted by molar-refractivity contribution is 0.355. The minimum Gasteiger partial charge on any atom is -0.493 e. The molecule has 7 nitrogen and oxygen atoms in total. The molecule has 2 heterocycles. The summed E-state index contributed by atoms with van der Waals surface area (Å²) >= 11 is 0. The van der Waals surface area contributed by atoms with E-state index in [0.717, 1.165) is 22.0 Å². The molecular formula is C19H16N4O3. The van der Waals surface area contributed by atoms with Crippen molar-refractivity contribution in [3.05, 3.63) is 59.1 Å². The summed E-state index contributed by atoms with van der Waals surface area (Å²) in [5, 5.41) is 7.88. The van der Waals surface area contributed by atoms with Crippen LogP contribution >= 0.6 is 0 Å². The Balaban J connectivity index is 1.82. The molecule has 0 spiro atoms. The average Bonchev–Trinajstić information content (AvgIpc) is 3.14. The Hall–Kier alpha value is -3.61. The molecule has 0 fully saturated rings. The van der Waals surface area contributed by atoms with Gasteiger partial charge in [0.1, 0.15) is 0 Å². The molecule has 0 bridgehead atoms. The highest BCUT2D eigenvalue weighted by Gasteiger charge is 2.10. The van der Waals surface area contributed by atoms with E-state index < -0.39 is 5.69 Å². The first-order valence-corrected chi connectivity index (χ1v) is 7.95. The number of ether oxygens (including phenoxy) is 2. The Labute approximate surface area is 148 Å². The number of nitrogens with zero attached hydrogens (tertiary/aromatic N) is 2. The van der Waals surface area contributed by atoms with Crippen LogP contribution in [0.5, 0.6) is 11.5 Å². The summed E-state index contributed by atoms with van der Waals surface area (Å²) < 4.78 is 10.6. The van der Waals surface area contributed by atoms with Crippen LogP contribution in [0.25, 0.3) is 33.4 Å². The number of methoxy groups -OCH3 is 2. The minimum absolute atomic E-state index is 0.417. The maximum atomic E-state index is 12.1. The molecule has 130 valence electrons. The second kappa shape index (κ2) is 6.36. The summed E-state index contributed by atoms with van der Waals surface area (Å²) in [5.41, 5.74) is 3.38. The predicted octanol–water partition coefficient (Wildman–Crippen LogP) is 3.00. The summed E-state index contributed by atoms with van der Waals surface area (Å²) in [6, 6.07) is 13.1. The van der Waals surface area contributed by atoms with Gasteiger partial charge in [-0.25, -0.2) is 4.79 Å². The van der Waals surface area contributed by atoms with E-state index in [1.807, 2.05) is 36.4 Å². The van der Waals surface area contributed by atoms with Crippen molar-refractivity contribution < 1.29 is 9.47 Å². The molecule has 7 heteroatoms. The lowest BCUT2D eigenvalue weighted by Gasteiger charge is -2.10. The van der Waals surface area contributed by atoms with Crippen LogP contribution in [0, 0.1) is 0 Å². The number of fused-ring (bicyclic) bond motifs is 1. The van der Waals surface area contributed by atoms with E-state index in [4.69, 9.17) is 9.47 Å². The lowest BCUT2D eigenvalue weighted by atomic mass is 10.1. The molecule has 0 atom stereocenters. The maximum absolute atomic E-state index is 12.1. The lowest BCUT2D eigenvalue weighted by Crippen LogP contribution is -2.12. The third-order valence-electron chi connectivity index (χ3n) is 4.18. The van der Waals surface area contributed by atoms with E-state index in [1.54, 1.807) is 26.5 Å². The zero-order valence-electron chi connectivity index (χ0n) is 14.2. The Bertz CT molecular complexity index is 1150. The Morgan fingerprint density at radius 3 is 2.54 bits per heavy atom. The Morgan fingerprint density at radius 1 is 0.923 bits per heavy atom. The van der Waals surface area contributed by atoms with Crippen LogP contribution < -0.4 is 15.2 Å². The van der Waals surface area contributed by atoms with Crippen molar-refractivity contribution in [2.45, 2.75) is 0 Å². The third kappa shape index (κ3) is 2.79. The van der Waals surface area contributed by atoms with Crippen LogP contribution in [-0.2, 0) is 0 Å². The van der Waals surface area contributed by atoms with Gasteiger partial charge in [-0.1, -0.05) is 6.07 Å². The van der Waals surface area contributed by atoms with Crippen molar-refractivity contribution in [3.63, 3.8) is 0 Å². The summed E-state index contributed by atoms with van der Waals surface area (Å²) in [5.74, 6) is 1.21. The number of H-pyrrole nitrogens is 2. The van der Waals surface area contributed by atoms with Gasteiger partial charge in [0.05, 0.1) is 37.3 Å². The number of nitrogens with one attached hydrogen (secondary N) is 2. The fourth-order valence-corrected chi connectivity index (χ4v) is 2.87. The van der Waals surface area contributed by atoms with Crippen molar-refractivity contribution in [1.29, 1.82) is 0 Å². The molecule has 2 aromatic carbocycles. The molecule has 0 saturated carbocycles. The number of aromatic nitrogens is 4. The van der Waals surface area contributed by atoms with Gasteiger partial charge in [0, 0.05) is 16.5 Å². The van der Waals surface area contributed by atoms with Crippen LogP contribution in [0.1, 0.15) is 0 Å². The molecule has 2 N–H and O–H groups in total. The predicted molar refractivity (Wildman–Crippen MR) is 98.5 cm³/mol. The molecule has 0 amide bonds. The number of rotatable bonds is 4. The highest BCUT2D eigenvalue weighted by molar-refractivity contribution is 5.83. The normalized spacial score (nSPS) is 10.8. The van der Waals surface area contributed by atoms with Crippen LogP contribution in [0.4, 0.5) is 0 Å². The standard InChI is InChI=1S/C19H16N4O3/c1-25-17-6-4-12(8-18(17)26-2)16-9-15(21-19(24)22-16)11-3-5-14-13(7-11)10-20-23-14/h3-10H,1-2H3,(H,20,23)(H,21,22,24). The van der Waals surface area contributed by atoms with Crippen molar-refractivity contribution in [1.82, 2.24) is 20.2 Å². The van der Waals surface area contributed by atoms with Crippen molar-refractivity contribution in [2.24, 2.45) is 0 Å². The molecule has 0 saturated heterocycles. The maximum Gasteiger partial charge on any atom is 0.345 e. The quantitative estimate of drug-likeness (QED) is 0.591.